The van der Waals surface area contributed by atoms with E-state index >= 15 is 0 Å². The van der Waals surface area contributed by atoms with Gasteiger partial charge in [-0.25, -0.2) is 0 Å². The molecule has 0 amide bonds. The molecule has 0 bridgehead atoms. The van der Waals surface area contributed by atoms with Crippen LogP contribution < -0.4 is 5.32 Å². The highest BCUT2D eigenvalue weighted by atomic mass is 79.9. The van der Waals surface area contributed by atoms with E-state index in [0.29, 0.717) is 6.04 Å². The van der Waals surface area contributed by atoms with Gasteiger partial charge in [-0.2, -0.15) is 0 Å². The predicted molar refractivity (Wildman–Crippen MR) is 95.6 cm³/mol. The van der Waals surface area contributed by atoms with Crippen molar-refractivity contribution in [1.82, 2.24) is 5.32 Å². The molecule has 2 rings (SSSR count). The molecule has 0 heterocycles. The molecule has 4 unspecified atom stereocenters. The molecule has 21 heavy (non-hydrogen) atoms. The van der Waals surface area contributed by atoms with Crippen LogP contribution in [0.15, 0.2) is 22.7 Å². The summed E-state index contributed by atoms with van der Waals surface area (Å²) < 4.78 is 1.24. The standard InChI is InChI=1S/C19H30BrN/c1-5-11-21-19(16-10-9-13(2)14(3)12-16)17-7-6-8-18(20)15(17)4/h6-8,13-14,16,19,21H,5,9-12H2,1-4H3. The van der Waals surface area contributed by atoms with Crippen molar-refractivity contribution in [2.75, 3.05) is 6.54 Å². The molecule has 1 nitrogen and oxygen atoms in total. The summed E-state index contributed by atoms with van der Waals surface area (Å²) in [5.41, 5.74) is 2.89. The fourth-order valence-corrected chi connectivity index (χ4v) is 4.06. The highest BCUT2D eigenvalue weighted by Crippen LogP contribution is 2.41. The molecule has 2 heteroatoms. The van der Waals surface area contributed by atoms with E-state index in [0.717, 1.165) is 24.3 Å². The minimum Gasteiger partial charge on any atom is -0.310 e. The lowest BCUT2D eigenvalue weighted by Gasteiger charge is -2.38. The summed E-state index contributed by atoms with van der Waals surface area (Å²) in [5.74, 6) is 2.51. The Labute approximate surface area is 139 Å². The lowest BCUT2D eigenvalue weighted by atomic mass is 9.71. The zero-order valence-corrected chi connectivity index (χ0v) is 15.5. The van der Waals surface area contributed by atoms with Gasteiger partial charge in [-0.3, -0.25) is 0 Å². The van der Waals surface area contributed by atoms with Crippen LogP contribution in [0.3, 0.4) is 0 Å². The van der Waals surface area contributed by atoms with Gasteiger partial charge in [0.1, 0.15) is 0 Å². The summed E-state index contributed by atoms with van der Waals surface area (Å²) in [6.07, 6.45) is 5.29. The van der Waals surface area contributed by atoms with Crippen molar-refractivity contribution in [3.8, 4) is 0 Å². The Hall–Kier alpha value is -0.340. The molecule has 0 radical (unpaired) electrons. The smallest absolute Gasteiger partial charge is 0.0351 e. The van der Waals surface area contributed by atoms with Crippen LogP contribution in [0.4, 0.5) is 0 Å². The number of rotatable bonds is 5. The van der Waals surface area contributed by atoms with Gasteiger partial charge in [0.15, 0.2) is 0 Å². The summed E-state index contributed by atoms with van der Waals surface area (Å²) in [7, 11) is 0. The molecule has 0 spiro atoms. The number of benzene rings is 1. The van der Waals surface area contributed by atoms with E-state index in [2.05, 4.69) is 67.1 Å². The molecular weight excluding hydrogens is 322 g/mol. The second kappa shape index (κ2) is 7.78. The summed E-state index contributed by atoms with van der Waals surface area (Å²) in [6.45, 7) is 10.5. The maximum absolute atomic E-state index is 3.84. The molecule has 1 fully saturated rings. The third kappa shape index (κ3) is 4.10. The molecule has 1 aliphatic carbocycles. The van der Waals surface area contributed by atoms with Crippen molar-refractivity contribution in [2.24, 2.45) is 17.8 Å². The van der Waals surface area contributed by atoms with Crippen LogP contribution in [0.1, 0.15) is 63.6 Å². The third-order valence-electron chi connectivity index (χ3n) is 5.37. The molecule has 4 atom stereocenters. The molecule has 1 aromatic rings. The molecule has 1 aromatic carbocycles. The summed E-state index contributed by atoms with van der Waals surface area (Å²) in [5, 5.41) is 3.84. The fraction of sp³-hybridized carbons (Fsp3) is 0.684. The Morgan fingerprint density at radius 3 is 2.67 bits per heavy atom. The first-order chi connectivity index (χ1) is 10.0. The Balaban J connectivity index is 2.23. The average Bonchev–Trinajstić information content (AvgIpc) is 2.47. The van der Waals surface area contributed by atoms with Crippen molar-refractivity contribution < 1.29 is 0 Å². The molecule has 1 N–H and O–H groups in total. The lowest BCUT2D eigenvalue weighted by molar-refractivity contribution is 0.171. The van der Waals surface area contributed by atoms with E-state index in [9.17, 15) is 0 Å². The number of hydrogen-bond donors (Lipinski definition) is 1. The van der Waals surface area contributed by atoms with E-state index in [1.807, 2.05) is 0 Å². The van der Waals surface area contributed by atoms with Crippen LogP contribution in [-0.4, -0.2) is 6.54 Å². The van der Waals surface area contributed by atoms with Gasteiger partial charge in [-0.05, 0) is 67.7 Å². The zero-order chi connectivity index (χ0) is 15.4. The number of hydrogen-bond acceptors (Lipinski definition) is 1. The van der Waals surface area contributed by atoms with E-state index in [4.69, 9.17) is 0 Å². The quantitative estimate of drug-likeness (QED) is 0.699. The SMILES string of the molecule is CCCNC(c1cccc(Br)c1C)C1CCC(C)C(C)C1. The highest BCUT2D eigenvalue weighted by molar-refractivity contribution is 9.10. The first kappa shape index (κ1) is 17.0. The highest BCUT2D eigenvalue weighted by Gasteiger charge is 2.31. The largest absolute Gasteiger partial charge is 0.310 e. The Kier molecular flexibility index (Phi) is 6.31. The van der Waals surface area contributed by atoms with Crippen molar-refractivity contribution in [3.63, 3.8) is 0 Å². The molecule has 0 saturated heterocycles. The van der Waals surface area contributed by atoms with Gasteiger partial charge < -0.3 is 5.32 Å². The van der Waals surface area contributed by atoms with Gasteiger partial charge in [0, 0.05) is 10.5 Å². The fourth-order valence-electron chi connectivity index (χ4n) is 3.68. The molecule has 0 aromatic heterocycles. The van der Waals surface area contributed by atoms with Gasteiger partial charge in [0.2, 0.25) is 0 Å². The van der Waals surface area contributed by atoms with Gasteiger partial charge in [0.25, 0.3) is 0 Å². The first-order valence-corrected chi connectivity index (χ1v) is 9.32. The first-order valence-electron chi connectivity index (χ1n) is 8.53. The predicted octanol–water partition coefficient (Wildman–Crippen LogP) is 5.87. The van der Waals surface area contributed by atoms with Crippen LogP contribution in [0.25, 0.3) is 0 Å². The summed E-state index contributed by atoms with van der Waals surface area (Å²) in [6, 6.07) is 7.16. The molecule has 1 aliphatic rings. The van der Waals surface area contributed by atoms with Gasteiger partial charge >= 0.3 is 0 Å². The van der Waals surface area contributed by atoms with Crippen LogP contribution in [0, 0.1) is 24.7 Å². The van der Waals surface area contributed by atoms with E-state index in [-0.39, 0.29) is 0 Å². The molecule has 1 saturated carbocycles. The average molecular weight is 352 g/mol. The Morgan fingerprint density at radius 1 is 1.24 bits per heavy atom. The van der Waals surface area contributed by atoms with Gasteiger partial charge in [-0.1, -0.05) is 55.3 Å². The maximum Gasteiger partial charge on any atom is 0.0351 e. The third-order valence-corrected chi connectivity index (χ3v) is 6.23. The van der Waals surface area contributed by atoms with Crippen molar-refractivity contribution in [1.29, 1.82) is 0 Å². The van der Waals surface area contributed by atoms with E-state index < -0.39 is 0 Å². The number of nitrogens with one attached hydrogen (secondary N) is 1. The summed E-state index contributed by atoms with van der Waals surface area (Å²) in [4.78, 5) is 0. The second-order valence-electron chi connectivity index (χ2n) is 6.91. The van der Waals surface area contributed by atoms with E-state index in [1.54, 1.807) is 0 Å². The van der Waals surface area contributed by atoms with Crippen LogP contribution in [0.2, 0.25) is 0 Å². The van der Waals surface area contributed by atoms with Crippen LogP contribution in [0.5, 0.6) is 0 Å². The summed E-state index contributed by atoms with van der Waals surface area (Å²) >= 11 is 3.70. The van der Waals surface area contributed by atoms with Crippen LogP contribution in [-0.2, 0) is 0 Å². The lowest BCUT2D eigenvalue weighted by Crippen LogP contribution is -2.34. The number of halogens is 1. The Morgan fingerprint density at radius 2 is 2.00 bits per heavy atom. The van der Waals surface area contributed by atoms with Gasteiger partial charge in [0.05, 0.1) is 0 Å². The molecule has 0 aliphatic heterocycles. The van der Waals surface area contributed by atoms with Crippen molar-refractivity contribution in [3.05, 3.63) is 33.8 Å². The topological polar surface area (TPSA) is 12.0 Å². The monoisotopic (exact) mass is 351 g/mol. The minimum absolute atomic E-state index is 0.511. The normalized spacial score (nSPS) is 27.6. The van der Waals surface area contributed by atoms with Crippen LogP contribution >= 0.6 is 15.9 Å². The second-order valence-corrected chi connectivity index (χ2v) is 7.77. The van der Waals surface area contributed by atoms with Crippen molar-refractivity contribution in [2.45, 2.75) is 59.4 Å². The van der Waals surface area contributed by atoms with Crippen molar-refractivity contribution >= 4 is 15.9 Å². The zero-order valence-electron chi connectivity index (χ0n) is 14.0. The Bertz CT molecular complexity index is 457. The van der Waals surface area contributed by atoms with Gasteiger partial charge in [-0.15, -0.1) is 0 Å². The maximum atomic E-state index is 3.84. The molecule has 118 valence electrons. The molecular formula is C19H30BrN. The minimum atomic E-state index is 0.511. The van der Waals surface area contributed by atoms with E-state index in [1.165, 1.54) is 41.3 Å².